The van der Waals surface area contributed by atoms with Crippen LogP contribution in [0.3, 0.4) is 0 Å². The maximum atomic E-state index is 13.1. The summed E-state index contributed by atoms with van der Waals surface area (Å²) in [5.41, 5.74) is -0.332. The van der Waals surface area contributed by atoms with Crippen molar-refractivity contribution in [3.63, 3.8) is 0 Å². The second kappa shape index (κ2) is 13.4. The molecule has 14 heteroatoms. The van der Waals surface area contributed by atoms with E-state index >= 15 is 0 Å². The van der Waals surface area contributed by atoms with Crippen molar-refractivity contribution in [2.75, 3.05) is 7.11 Å². The van der Waals surface area contributed by atoms with Crippen molar-refractivity contribution in [1.29, 1.82) is 0 Å². The van der Waals surface area contributed by atoms with Crippen molar-refractivity contribution >= 4 is 40.9 Å². The first-order chi connectivity index (χ1) is 18.5. The van der Waals surface area contributed by atoms with E-state index in [1.165, 1.54) is 39.3 Å². The van der Waals surface area contributed by atoms with Gasteiger partial charge >= 0.3 is 18.1 Å². The molecular formula is C26H22Cl2F3NO8. The summed E-state index contributed by atoms with van der Waals surface area (Å²) in [7, 11) is 1.46. The molecule has 2 N–H and O–H groups in total. The van der Waals surface area contributed by atoms with Crippen LogP contribution < -0.4 is 14.2 Å². The standard InChI is InChI=1S/C24H21Cl2NO6.C2HF3O2/c1-24(2,23(29)30)33-20-11-18(31-3)5-6-19(20)22(28)15-4-7-21(27-12-15)32-13-14-8-16(25)10-17(26)9-14;3-2(4,5)1(6)7/h4-12H,13H2,1-3H3,(H,29,30);(H,6,7). The number of ether oxygens (including phenoxy) is 3. The van der Waals surface area contributed by atoms with Crippen LogP contribution in [0.15, 0.2) is 54.7 Å². The highest BCUT2D eigenvalue weighted by molar-refractivity contribution is 6.34. The van der Waals surface area contributed by atoms with Crippen LogP contribution in [0.5, 0.6) is 17.4 Å². The van der Waals surface area contributed by atoms with Gasteiger partial charge in [-0.05, 0) is 55.8 Å². The van der Waals surface area contributed by atoms with E-state index in [-0.39, 0.29) is 23.5 Å². The Bertz CT molecular complexity index is 1360. The maximum absolute atomic E-state index is 13.1. The van der Waals surface area contributed by atoms with Gasteiger partial charge in [0, 0.05) is 33.9 Å². The third-order valence-electron chi connectivity index (χ3n) is 4.86. The largest absolute Gasteiger partial charge is 0.497 e. The number of halogens is 5. The summed E-state index contributed by atoms with van der Waals surface area (Å²) in [5.74, 6) is -3.51. The zero-order valence-corrected chi connectivity index (χ0v) is 22.6. The van der Waals surface area contributed by atoms with Crippen molar-refractivity contribution in [2.45, 2.75) is 32.2 Å². The zero-order valence-electron chi connectivity index (χ0n) is 21.1. The van der Waals surface area contributed by atoms with Gasteiger partial charge < -0.3 is 24.4 Å². The summed E-state index contributed by atoms with van der Waals surface area (Å²) in [6.07, 6.45) is -3.71. The van der Waals surface area contributed by atoms with E-state index in [2.05, 4.69) is 4.98 Å². The molecule has 0 radical (unpaired) electrons. The van der Waals surface area contributed by atoms with Gasteiger partial charge in [-0.1, -0.05) is 23.2 Å². The van der Waals surface area contributed by atoms with E-state index in [1.54, 1.807) is 36.4 Å². The van der Waals surface area contributed by atoms with Crippen LogP contribution >= 0.6 is 23.2 Å². The number of aliphatic carboxylic acids is 2. The Morgan fingerprint density at radius 3 is 2.00 bits per heavy atom. The average Bonchev–Trinajstić information content (AvgIpc) is 2.86. The van der Waals surface area contributed by atoms with Crippen LogP contribution in [0.25, 0.3) is 0 Å². The number of benzene rings is 2. The van der Waals surface area contributed by atoms with E-state index in [0.29, 0.717) is 21.7 Å². The molecule has 1 aromatic heterocycles. The van der Waals surface area contributed by atoms with Crippen molar-refractivity contribution in [3.05, 3.63) is 81.5 Å². The van der Waals surface area contributed by atoms with Gasteiger partial charge in [-0.15, -0.1) is 0 Å². The Balaban J connectivity index is 0.000000708. The van der Waals surface area contributed by atoms with Crippen LogP contribution in [-0.2, 0) is 16.2 Å². The van der Waals surface area contributed by atoms with Gasteiger partial charge in [-0.3, -0.25) is 4.79 Å². The first-order valence-electron chi connectivity index (χ1n) is 11.0. The number of carbonyl (C=O) groups excluding carboxylic acids is 1. The minimum absolute atomic E-state index is 0.0879. The van der Waals surface area contributed by atoms with Crippen molar-refractivity contribution in [1.82, 2.24) is 4.98 Å². The summed E-state index contributed by atoms with van der Waals surface area (Å²) in [6.45, 7) is 2.98. The fourth-order valence-corrected chi connectivity index (χ4v) is 3.40. The number of aromatic nitrogens is 1. The van der Waals surface area contributed by atoms with Crippen LogP contribution in [-0.4, -0.2) is 51.8 Å². The third kappa shape index (κ3) is 9.31. The van der Waals surface area contributed by atoms with E-state index in [9.17, 15) is 27.9 Å². The average molecular weight is 604 g/mol. The monoisotopic (exact) mass is 603 g/mol. The number of carbonyl (C=O) groups is 3. The number of nitrogens with zero attached hydrogens (tertiary/aromatic N) is 1. The quantitative estimate of drug-likeness (QED) is 0.279. The molecule has 0 bridgehead atoms. The van der Waals surface area contributed by atoms with Crippen molar-refractivity contribution in [2.24, 2.45) is 0 Å². The van der Waals surface area contributed by atoms with Gasteiger partial charge in [0.15, 0.2) is 11.4 Å². The van der Waals surface area contributed by atoms with Gasteiger partial charge in [0.2, 0.25) is 5.88 Å². The second-order valence-corrected chi connectivity index (χ2v) is 9.24. The molecule has 0 aliphatic carbocycles. The number of pyridine rings is 1. The molecule has 0 aliphatic heterocycles. The zero-order chi connectivity index (χ0) is 30.3. The van der Waals surface area contributed by atoms with Crippen LogP contribution in [0.1, 0.15) is 35.3 Å². The summed E-state index contributed by atoms with van der Waals surface area (Å²) in [5, 5.41) is 17.5. The van der Waals surface area contributed by atoms with Gasteiger partial charge in [-0.25, -0.2) is 14.6 Å². The van der Waals surface area contributed by atoms with Gasteiger partial charge in [0.05, 0.1) is 12.7 Å². The predicted molar refractivity (Wildman–Crippen MR) is 137 cm³/mol. The predicted octanol–water partition coefficient (Wildman–Crippen LogP) is 6.08. The lowest BCUT2D eigenvalue weighted by Gasteiger charge is -2.23. The Morgan fingerprint density at radius 2 is 1.52 bits per heavy atom. The molecule has 3 aromatic rings. The smallest absolute Gasteiger partial charge is 0.490 e. The third-order valence-corrected chi connectivity index (χ3v) is 5.30. The second-order valence-electron chi connectivity index (χ2n) is 8.36. The summed E-state index contributed by atoms with van der Waals surface area (Å²) >= 11 is 12.0. The summed E-state index contributed by atoms with van der Waals surface area (Å²) in [6, 6.07) is 12.8. The molecule has 0 amide bonds. The van der Waals surface area contributed by atoms with Crippen molar-refractivity contribution < 1.29 is 52.0 Å². The van der Waals surface area contributed by atoms with Crippen LogP contribution in [0.2, 0.25) is 10.0 Å². The highest BCUT2D eigenvalue weighted by Gasteiger charge is 2.38. The Hall–Kier alpha value is -4.03. The molecule has 2 aromatic carbocycles. The Labute approximate surface area is 236 Å². The number of carboxylic acid groups (broad SMARTS) is 2. The van der Waals surface area contributed by atoms with Crippen LogP contribution in [0.4, 0.5) is 13.2 Å². The topological polar surface area (TPSA) is 132 Å². The molecule has 1 heterocycles. The Kier molecular flexibility index (Phi) is 10.7. The number of hydrogen-bond acceptors (Lipinski definition) is 7. The molecule has 0 fully saturated rings. The number of carboxylic acids is 2. The number of methoxy groups -OCH3 is 1. The SMILES string of the molecule is COc1ccc(C(=O)c2ccc(OCc3cc(Cl)cc(Cl)c3)nc2)c(OC(C)(C)C(=O)O)c1.O=C(O)C(F)(F)F. The van der Waals surface area contributed by atoms with E-state index in [1.807, 2.05) is 0 Å². The van der Waals surface area contributed by atoms with Gasteiger partial charge in [0.25, 0.3) is 0 Å². The van der Waals surface area contributed by atoms with Crippen molar-refractivity contribution in [3.8, 4) is 17.4 Å². The molecule has 9 nitrogen and oxygen atoms in total. The first-order valence-corrected chi connectivity index (χ1v) is 11.8. The van der Waals surface area contributed by atoms with E-state index in [0.717, 1.165) is 5.56 Å². The molecule has 214 valence electrons. The molecular weight excluding hydrogens is 582 g/mol. The first kappa shape index (κ1) is 32.2. The molecule has 0 saturated carbocycles. The fourth-order valence-electron chi connectivity index (χ4n) is 2.83. The lowest BCUT2D eigenvalue weighted by molar-refractivity contribution is -0.192. The van der Waals surface area contributed by atoms with Gasteiger partial charge in [0.1, 0.15) is 18.1 Å². The van der Waals surface area contributed by atoms with E-state index < -0.39 is 29.5 Å². The molecule has 0 atom stereocenters. The lowest BCUT2D eigenvalue weighted by atomic mass is 10.0. The summed E-state index contributed by atoms with van der Waals surface area (Å²) < 4.78 is 48.2. The molecule has 0 aliphatic rings. The van der Waals surface area contributed by atoms with Gasteiger partial charge in [-0.2, -0.15) is 13.2 Å². The Morgan fingerprint density at radius 1 is 0.925 bits per heavy atom. The highest BCUT2D eigenvalue weighted by atomic mass is 35.5. The van der Waals surface area contributed by atoms with Crippen LogP contribution in [0, 0.1) is 0 Å². The molecule has 0 spiro atoms. The molecule has 40 heavy (non-hydrogen) atoms. The molecule has 0 saturated heterocycles. The normalized spacial score (nSPS) is 11.1. The maximum Gasteiger partial charge on any atom is 0.490 e. The van der Waals surface area contributed by atoms with E-state index in [4.69, 9.17) is 47.3 Å². The number of alkyl halides is 3. The number of rotatable bonds is 9. The minimum Gasteiger partial charge on any atom is -0.497 e. The molecule has 3 rings (SSSR count). The number of hydrogen-bond donors (Lipinski definition) is 2. The summed E-state index contributed by atoms with van der Waals surface area (Å²) in [4.78, 5) is 37.7. The lowest BCUT2D eigenvalue weighted by Crippen LogP contribution is -2.38. The fraction of sp³-hybridized carbons (Fsp3) is 0.231. The highest BCUT2D eigenvalue weighted by Crippen LogP contribution is 2.30. The minimum atomic E-state index is -5.08. The number of ketones is 1. The molecule has 0 unspecified atom stereocenters.